The minimum Gasteiger partial charge on any atom is -0.478 e. The summed E-state index contributed by atoms with van der Waals surface area (Å²) in [5, 5.41) is 16.3. The number of alkyl halides is 1. The van der Waals surface area contributed by atoms with Crippen molar-refractivity contribution in [2.75, 3.05) is 18.2 Å². The van der Waals surface area contributed by atoms with Crippen molar-refractivity contribution in [2.45, 2.75) is 25.5 Å². The van der Waals surface area contributed by atoms with Crippen LogP contribution in [0.3, 0.4) is 0 Å². The lowest BCUT2D eigenvalue weighted by atomic mass is 10.1. The summed E-state index contributed by atoms with van der Waals surface area (Å²) in [6, 6.07) is -2.63. The van der Waals surface area contributed by atoms with Crippen LogP contribution in [0.2, 0.25) is 0 Å². The molecule has 0 aliphatic carbocycles. The van der Waals surface area contributed by atoms with Gasteiger partial charge < -0.3 is 21.0 Å². The number of carbonyl (C=O) groups excluding carboxylic acids is 4. The maximum atomic E-state index is 12.7. The molecule has 1 fully saturated rings. The molecule has 0 spiro atoms. The molecule has 5 amide bonds. The molecular weight excluding hydrogens is 522 g/mol. The number of aromatic nitrogens is 1. The van der Waals surface area contributed by atoms with Gasteiger partial charge >= 0.3 is 22.2 Å². The molecule has 2 heterocycles. The number of nitrogen functional groups attached to an aromatic ring is 1. The van der Waals surface area contributed by atoms with Crippen LogP contribution in [0.25, 0.3) is 0 Å². The maximum Gasteiger partial charge on any atom is 0.350 e. The molecule has 6 N–H and O–H groups in total. The third kappa shape index (κ3) is 6.51. The number of rotatable bonds is 9. The number of carboxylic acid groups (broad SMARTS) is 1. The second kappa shape index (κ2) is 10.2. The zero-order valence-corrected chi connectivity index (χ0v) is 19.8. The van der Waals surface area contributed by atoms with E-state index in [0.29, 0.717) is 4.90 Å². The molecule has 0 radical (unpaired) electrons. The summed E-state index contributed by atoms with van der Waals surface area (Å²) in [6.07, 6.45) is 0. The van der Waals surface area contributed by atoms with Crippen LogP contribution in [0, 0.1) is 0 Å². The van der Waals surface area contributed by atoms with E-state index in [1.54, 1.807) is 0 Å². The van der Waals surface area contributed by atoms with Crippen LogP contribution < -0.4 is 20.5 Å². The number of nitrogens with one attached hydrogen (secondary N) is 3. The first-order valence-corrected chi connectivity index (χ1v) is 11.8. The van der Waals surface area contributed by atoms with Gasteiger partial charge in [-0.2, -0.15) is 8.42 Å². The number of carbonyl (C=O) groups is 5. The number of thiazole rings is 1. The van der Waals surface area contributed by atoms with Crippen molar-refractivity contribution < 1.29 is 42.3 Å². The Kier molecular flexibility index (Phi) is 8.01. The number of hydrogen-bond acceptors (Lipinski definition) is 12. The number of anilines is 1. The number of halogens is 1. The summed E-state index contributed by atoms with van der Waals surface area (Å²) >= 11 is 6.12. The molecule has 0 unspecified atom stereocenters. The highest BCUT2D eigenvalue weighted by Gasteiger charge is 2.43. The van der Waals surface area contributed by atoms with Crippen LogP contribution in [0.5, 0.6) is 0 Å². The fraction of sp³-hybridized carbons (Fsp3) is 0.400. The van der Waals surface area contributed by atoms with Gasteiger partial charge in [0, 0.05) is 5.38 Å². The van der Waals surface area contributed by atoms with Crippen molar-refractivity contribution in [3.63, 3.8) is 0 Å². The predicted molar refractivity (Wildman–Crippen MR) is 116 cm³/mol. The second-order valence-electron chi connectivity index (χ2n) is 6.96. The highest BCUT2D eigenvalue weighted by atomic mass is 35.5. The van der Waals surface area contributed by atoms with Gasteiger partial charge in [0.15, 0.2) is 10.8 Å². The predicted octanol–water partition coefficient (Wildman–Crippen LogP) is -2.05. The number of urea groups is 1. The third-order valence-electron chi connectivity index (χ3n) is 3.93. The topological polar surface area (TPSA) is 240 Å². The van der Waals surface area contributed by atoms with Crippen LogP contribution in [0.4, 0.5) is 9.93 Å². The summed E-state index contributed by atoms with van der Waals surface area (Å²) in [5.74, 6) is -5.15. The smallest absolute Gasteiger partial charge is 0.350 e. The number of oxime groups is 1. The Morgan fingerprint density at radius 1 is 1.38 bits per heavy atom. The first-order chi connectivity index (χ1) is 15.7. The van der Waals surface area contributed by atoms with Crippen LogP contribution in [0.1, 0.15) is 19.5 Å². The molecule has 1 aliphatic heterocycles. The van der Waals surface area contributed by atoms with E-state index in [0.717, 1.165) is 11.3 Å². The first-order valence-electron chi connectivity index (χ1n) is 8.93. The number of hydrogen-bond donors (Lipinski definition) is 5. The molecule has 1 aromatic rings. The van der Waals surface area contributed by atoms with Gasteiger partial charge in [0.1, 0.15) is 17.6 Å². The van der Waals surface area contributed by atoms with E-state index in [4.69, 9.17) is 27.3 Å². The van der Waals surface area contributed by atoms with Gasteiger partial charge in [0.2, 0.25) is 11.5 Å². The average molecular weight is 540 g/mol. The number of carboxylic acids is 1. The minimum atomic E-state index is -4.62. The fourth-order valence-corrected chi connectivity index (χ4v) is 3.57. The van der Waals surface area contributed by atoms with E-state index in [-0.39, 0.29) is 10.8 Å². The number of nitrogens with zero attached hydrogens (tertiary/aromatic N) is 3. The maximum absolute atomic E-state index is 12.7. The van der Waals surface area contributed by atoms with E-state index < -0.39 is 69.7 Å². The quantitative estimate of drug-likeness (QED) is 0.0988. The molecule has 34 heavy (non-hydrogen) atoms. The van der Waals surface area contributed by atoms with E-state index in [1.807, 2.05) is 0 Å². The molecule has 1 aromatic heterocycles. The first kappa shape index (κ1) is 26.7. The molecule has 186 valence electrons. The Morgan fingerprint density at radius 3 is 2.53 bits per heavy atom. The average Bonchev–Trinajstić information content (AvgIpc) is 3.15. The minimum absolute atomic E-state index is 0.0660. The highest BCUT2D eigenvalue weighted by Crippen LogP contribution is 2.16. The van der Waals surface area contributed by atoms with Crippen LogP contribution in [-0.2, 0) is 34.2 Å². The van der Waals surface area contributed by atoms with Crippen LogP contribution in [-0.4, -0.2) is 82.9 Å². The van der Waals surface area contributed by atoms with Gasteiger partial charge in [-0.15, -0.1) is 22.9 Å². The molecule has 2 rings (SSSR count). The normalized spacial score (nSPS) is 16.3. The molecule has 19 heteroatoms. The van der Waals surface area contributed by atoms with Crippen molar-refractivity contribution in [3.8, 4) is 0 Å². The monoisotopic (exact) mass is 539 g/mol. The van der Waals surface area contributed by atoms with Gasteiger partial charge in [-0.05, 0) is 13.8 Å². The summed E-state index contributed by atoms with van der Waals surface area (Å²) < 4.78 is 26.2. The zero-order chi connectivity index (χ0) is 25.8. The van der Waals surface area contributed by atoms with E-state index in [9.17, 15) is 32.4 Å². The van der Waals surface area contributed by atoms with Gasteiger partial charge in [0.25, 0.3) is 11.8 Å². The van der Waals surface area contributed by atoms with Gasteiger partial charge in [-0.25, -0.2) is 24.0 Å². The Balaban J connectivity index is 2.08. The lowest BCUT2D eigenvalue weighted by molar-refractivity contribution is -0.161. The van der Waals surface area contributed by atoms with Crippen molar-refractivity contribution in [1.29, 1.82) is 0 Å². The number of imide groups is 1. The number of aliphatic carboxylic acids is 1. The lowest BCUT2D eigenvalue weighted by Crippen LogP contribution is -2.68. The second-order valence-corrected chi connectivity index (χ2v) is 9.53. The molecule has 1 atom stereocenters. The number of likely N-dealkylation sites (tertiary alicyclic amines) is 1. The van der Waals surface area contributed by atoms with E-state index >= 15 is 0 Å². The number of amides is 5. The molecule has 0 saturated carbocycles. The van der Waals surface area contributed by atoms with Gasteiger partial charge in [-0.1, -0.05) is 5.16 Å². The Labute approximate surface area is 200 Å². The van der Waals surface area contributed by atoms with Crippen molar-refractivity contribution in [2.24, 2.45) is 5.16 Å². The highest BCUT2D eigenvalue weighted by molar-refractivity contribution is 7.88. The van der Waals surface area contributed by atoms with Crippen LogP contribution >= 0.6 is 22.9 Å². The Bertz CT molecular complexity index is 1160. The Morgan fingerprint density at radius 2 is 2.03 bits per heavy atom. The van der Waals surface area contributed by atoms with E-state index in [2.05, 4.69) is 15.5 Å². The molecule has 0 bridgehead atoms. The molecular formula is C15H18ClN7O9S2. The van der Waals surface area contributed by atoms with Crippen molar-refractivity contribution in [1.82, 2.24) is 24.6 Å². The molecule has 1 aliphatic rings. The van der Waals surface area contributed by atoms with E-state index in [1.165, 1.54) is 28.7 Å². The third-order valence-corrected chi connectivity index (χ3v) is 5.79. The summed E-state index contributed by atoms with van der Waals surface area (Å²) in [5.41, 5.74) is 3.18. The molecule has 0 aromatic carbocycles. The number of β-lactam (4-membered cyclic amide) rings is 1. The summed E-state index contributed by atoms with van der Waals surface area (Å²) in [4.78, 5) is 68.4. The summed E-state index contributed by atoms with van der Waals surface area (Å²) in [7, 11) is -4.62. The SMILES string of the molecule is CC(C)(ON=C(C(=O)N[C@H]1CN(C(=O)NS(=O)(=O)NC(=O)CCl)C1=O)c1csc(N)n1)C(=O)O. The van der Waals surface area contributed by atoms with Crippen molar-refractivity contribution in [3.05, 3.63) is 11.1 Å². The molecule has 1 saturated heterocycles. The van der Waals surface area contributed by atoms with Gasteiger partial charge in [-0.3, -0.25) is 19.3 Å². The van der Waals surface area contributed by atoms with Gasteiger partial charge in [0.05, 0.1) is 6.54 Å². The fourth-order valence-electron chi connectivity index (χ4n) is 2.12. The van der Waals surface area contributed by atoms with Crippen LogP contribution in [0.15, 0.2) is 10.5 Å². The Hall–Kier alpha value is -3.51. The standard InChI is InChI=1S/C15H18ClN7O9S2/c1-15(2,12(27)28)32-20-9(7-5-33-13(17)19-7)10(25)18-6-4-23(11(6)26)14(29)22-34(30,31)21-8(24)3-16/h5-6H,3-4H2,1-2H3,(H2,17,19)(H,18,25)(H,21,24)(H,22,29)(H,27,28)/t6-/m0/s1. The zero-order valence-electron chi connectivity index (χ0n) is 17.4. The number of nitrogens with two attached hydrogens (primary N) is 1. The van der Waals surface area contributed by atoms with Crippen molar-refractivity contribution >= 4 is 73.7 Å². The lowest BCUT2D eigenvalue weighted by Gasteiger charge is -2.36. The largest absolute Gasteiger partial charge is 0.478 e. The summed E-state index contributed by atoms with van der Waals surface area (Å²) in [6.45, 7) is 1.93. The molecule has 16 nitrogen and oxygen atoms in total.